The Labute approximate surface area is 177 Å². The van der Waals surface area contributed by atoms with Crippen LogP contribution < -0.4 is 15.8 Å². The summed E-state index contributed by atoms with van der Waals surface area (Å²) in [5, 5.41) is 13.0. The van der Waals surface area contributed by atoms with Crippen molar-refractivity contribution >= 4 is 28.9 Å². The highest BCUT2D eigenvalue weighted by Crippen LogP contribution is 2.24. The second-order valence-corrected chi connectivity index (χ2v) is 7.35. The van der Waals surface area contributed by atoms with Crippen LogP contribution >= 0.6 is 0 Å². The van der Waals surface area contributed by atoms with Crippen molar-refractivity contribution in [3.8, 4) is 6.07 Å². The highest BCUT2D eigenvalue weighted by atomic mass is 16.6. The Kier molecular flexibility index (Phi) is 5.25. The summed E-state index contributed by atoms with van der Waals surface area (Å²) in [6.07, 6.45) is 0.211. The lowest BCUT2D eigenvalue weighted by Gasteiger charge is -2.20. The number of carbonyl (C=O) groups is 1. The summed E-state index contributed by atoms with van der Waals surface area (Å²) in [6.45, 7) is 5.76. The Bertz CT molecular complexity index is 1260. The molecule has 1 saturated heterocycles. The van der Waals surface area contributed by atoms with E-state index in [1.807, 2.05) is 13.8 Å². The summed E-state index contributed by atoms with van der Waals surface area (Å²) in [5.41, 5.74) is 1.37. The van der Waals surface area contributed by atoms with Crippen molar-refractivity contribution in [2.24, 2.45) is 0 Å². The fourth-order valence-corrected chi connectivity index (χ4v) is 3.53. The third kappa shape index (κ3) is 3.90. The SMILES string of the molecule is CC[C@H]1COC(=O)N1c1nc(C)nc(N[C@@H](C)c2cc3cc(C#N)ccc3[nH]c2=O)n1. The molecule has 4 rings (SSSR count). The number of cyclic esters (lactones) is 1. The lowest BCUT2D eigenvalue weighted by atomic mass is 10.1. The van der Waals surface area contributed by atoms with E-state index in [0.717, 1.165) is 5.39 Å². The van der Waals surface area contributed by atoms with Gasteiger partial charge in [0.25, 0.3) is 5.56 Å². The lowest BCUT2D eigenvalue weighted by Crippen LogP contribution is -2.35. The van der Waals surface area contributed by atoms with Crippen LogP contribution in [0.5, 0.6) is 0 Å². The first-order valence-electron chi connectivity index (χ1n) is 9.92. The van der Waals surface area contributed by atoms with E-state index in [9.17, 15) is 9.59 Å². The van der Waals surface area contributed by atoms with E-state index in [0.29, 0.717) is 28.9 Å². The maximum Gasteiger partial charge on any atom is 0.417 e. The smallest absolute Gasteiger partial charge is 0.417 e. The minimum Gasteiger partial charge on any atom is -0.447 e. The van der Waals surface area contributed by atoms with Crippen LogP contribution in [0, 0.1) is 18.3 Å². The summed E-state index contributed by atoms with van der Waals surface area (Å²) in [4.78, 5) is 42.0. The van der Waals surface area contributed by atoms with Gasteiger partial charge in [-0.15, -0.1) is 0 Å². The zero-order valence-corrected chi connectivity index (χ0v) is 17.3. The number of carbonyl (C=O) groups excluding carboxylic acids is 1. The summed E-state index contributed by atoms with van der Waals surface area (Å²) in [6, 6.07) is 8.33. The first-order chi connectivity index (χ1) is 14.9. The van der Waals surface area contributed by atoms with E-state index in [2.05, 4.69) is 31.3 Å². The first kappa shape index (κ1) is 20.3. The molecule has 0 spiro atoms. The van der Waals surface area contributed by atoms with Crippen molar-refractivity contribution in [3.05, 3.63) is 51.6 Å². The molecule has 1 aromatic carbocycles. The zero-order valence-electron chi connectivity index (χ0n) is 17.3. The highest BCUT2D eigenvalue weighted by molar-refractivity contribution is 5.88. The number of aromatic nitrogens is 4. The molecule has 1 aliphatic rings. The van der Waals surface area contributed by atoms with Crippen molar-refractivity contribution in [1.82, 2.24) is 19.9 Å². The van der Waals surface area contributed by atoms with Crippen LogP contribution in [0.15, 0.2) is 29.1 Å². The number of aryl methyl sites for hydroxylation is 1. The van der Waals surface area contributed by atoms with Crippen molar-refractivity contribution in [2.75, 3.05) is 16.8 Å². The monoisotopic (exact) mass is 419 g/mol. The van der Waals surface area contributed by atoms with E-state index >= 15 is 0 Å². The summed E-state index contributed by atoms with van der Waals surface area (Å²) in [7, 11) is 0. The molecule has 0 aliphatic carbocycles. The van der Waals surface area contributed by atoms with E-state index in [4.69, 9.17) is 10.00 Å². The number of pyridine rings is 1. The fraction of sp³-hybridized carbons (Fsp3) is 0.333. The van der Waals surface area contributed by atoms with Gasteiger partial charge < -0.3 is 15.0 Å². The Balaban J connectivity index is 1.66. The van der Waals surface area contributed by atoms with Gasteiger partial charge in [-0.2, -0.15) is 20.2 Å². The molecule has 31 heavy (non-hydrogen) atoms. The number of hydrogen-bond donors (Lipinski definition) is 2. The maximum absolute atomic E-state index is 12.6. The predicted molar refractivity (Wildman–Crippen MR) is 114 cm³/mol. The van der Waals surface area contributed by atoms with Gasteiger partial charge in [0.2, 0.25) is 11.9 Å². The van der Waals surface area contributed by atoms with E-state index in [1.165, 1.54) is 4.90 Å². The number of hydrogen-bond acceptors (Lipinski definition) is 8. The third-order valence-corrected chi connectivity index (χ3v) is 5.20. The second kappa shape index (κ2) is 8.02. The summed E-state index contributed by atoms with van der Waals surface area (Å²) < 4.78 is 5.13. The van der Waals surface area contributed by atoms with Crippen LogP contribution in [0.2, 0.25) is 0 Å². The van der Waals surface area contributed by atoms with Crippen molar-refractivity contribution < 1.29 is 9.53 Å². The normalized spacial score (nSPS) is 16.8. The van der Waals surface area contributed by atoms with Crippen LogP contribution in [0.4, 0.5) is 16.7 Å². The molecule has 0 unspecified atom stereocenters. The number of nitrogens with one attached hydrogen (secondary N) is 2. The average molecular weight is 419 g/mol. The molecule has 1 aliphatic heterocycles. The van der Waals surface area contributed by atoms with Crippen LogP contribution in [0.25, 0.3) is 10.9 Å². The molecule has 158 valence electrons. The van der Waals surface area contributed by atoms with Gasteiger partial charge in [0, 0.05) is 11.1 Å². The minimum atomic E-state index is -0.490. The molecular weight excluding hydrogens is 398 g/mol. The predicted octanol–water partition coefficient (Wildman–Crippen LogP) is 2.80. The fourth-order valence-electron chi connectivity index (χ4n) is 3.53. The maximum atomic E-state index is 12.6. The van der Waals surface area contributed by atoms with Gasteiger partial charge >= 0.3 is 6.09 Å². The van der Waals surface area contributed by atoms with Crippen LogP contribution in [-0.2, 0) is 4.74 Å². The van der Waals surface area contributed by atoms with Crippen molar-refractivity contribution in [2.45, 2.75) is 39.3 Å². The lowest BCUT2D eigenvalue weighted by molar-refractivity contribution is 0.178. The molecule has 2 N–H and O–H groups in total. The molecular formula is C21H21N7O3. The van der Waals surface area contributed by atoms with Crippen molar-refractivity contribution in [3.63, 3.8) is 0 Å². The zero-order chi connectivity index (χ0) is 22.1. The average Bonchev–Trinajstić information content (AvgIpc) is 3.13. The number of rotatable bonds is 5. The van der Waals surface area contributed by atoms with E-state index in [-0.39, 0.29) is 30.1 Å². The standard InChI is InChI=1S/C21H21N7O3/c1-4-15-10-31-21(30)28(15)20-25-12(3)24-19(27-20)23-11(2)16-8-14-7-13(9-22)5-6-17(14)26-18(16)29/h5-8,11,15H,4,10H2,1-3H3,(H,26,29)(H,23,24,25,27)/t11-,15-/m0/s1. The number of anilines is 2. The summed E-state index contributed by atoms with van der Waals surface area (Å²) >= 11 is 0. The Hall–Kier alpha value is -4.00. The molecule has 10 nitrogen and oxygen atoms in total. The Morgan fingerprint density at radius 3 is 2.87 bits per heavy atom. The van der Waals surface area contributed by atoms with E-state index < -0.39 is 12.1 Å². The molecule has 2 aromatic heterocycles. The number of nitrogens with zero attached hydrogens (tertiary/aromatic N) is 5. The van der Waals surface area contributed by atoms with Gasteiger partial charge in [-0.25, -0.2) is 9.69 Å². The number of nitriles is 1. The molecule has 1 fully saturated rings. The quantitative estimate of drug-likeness (QED) is 0.644. The van der Waals surface area contributed by atoms with Gasteiger partial charge in [0.05, 0.1) is 23.7 Å². The van der Waals surface area contributed by atoms with Crippen LogP contribution in [-0.4, -0.2) is 38.7 Å². The van der Waals surface area contributed by atoms with Gasteiger partial charge in [0.15, 0.2) is 0 Å². The Morgan fingerprint density at radius 1 is 1.32 bits per heavy atom. The minimum absolute atomic E-state index is 0.141. The molecule has 0 radical (unpaired) electrons. The molecule has 10 heteroatoms. The van der Waals surface area contributed by atoms with Crippen LogP contribution in [0.1, 0.15) is 43.3 Å². The molecule has 0 bridgehead atoms. The van der Waals surface area contributed by atoms with Crippen LogP contribution in [0.3, 0.4) is 0 Å². The van der Waals surface area contributed by atoms with Gasteiger partial charge in [0.1, 0.15) is 12.4 Å². The van der Waals surface area contributed by atoms with E-state index in [1.54, 1.807) is 31.2 Å². The topological polar surface area (TPSA) is 137 Å². The molecule has 2 atom stereocenters. The first-order valence-corrected chi connectivity index (χ1v) is 9.92. The molecule has 3 heterocycles. The third-order valence-electron chi connectivity index (χ3n) is 5.20. The number of H-pyrrole nitrogens is 1. The highest BCUT2D eigenvalue weighted by Gasteiger charge is 2.35. The molecule has 1 amide bonds. The number of ether oxygens (including phenoxy) is 1. The van der Waals surface area contributed by atoms with Gasteiger partial charge in [-0.3, -0.25) is 4.79 Å². The number of fused-ring (bicyclic) bond motifs is 1. The van der Waals surface area contributed by atoms with Gasteiger partial charge in [-0.1, -0.05) is 6.92 Å². The van der Waals surface area contributed by atoms with Crippen molar-refractivity contribution in [1.29, 1.82) is 5.26 Å². The second-order valence-electron chi connectivity index (χ2n) is 7.35. The number of benzene rings is 1. The molecule has 3 aromatic rings. The Morgan fingerprint density at radius 2 is 2.13 bits per heavy atom. The molecule has 0 saturated carbocycles. The number of amides is 1. The largest absolute Gasteiger partial charge is 0.447 e. The number of aromatic amines is 1. The van der Waals surface area contributed by atoms with Gasteiger partial charge in [-0.05, 0) is 49.9 Å². The summed E-state index contributed by atoms with van der Waals surface area (Å²) in [5.74, 6) is 0.887.